The molecule has 7 aliphatic rings. The Morgan fingerprint density at radius 2 is 1.04 bits per heavy atom. The third kappa shape index (κ3) is 15.7. The number of hydrogen-bond acceptors (Lipinski definition) is 14. The van der Waals surface area contributed by atoms with Gasteiger partial charge in [-0.2, -0.15) is 56.9 Å². The predicted octanol–water partition coefficient (Wildman–Crippen LogP) is 10.4. The van der Waals surface area contributed by atoms with Gasteiger partial charge in [0.2, 0.25) is 5.91 Å². The Hall–Kier alpha value is -12.3. The molecule has 6 aromatic heterocycles. The first-order valence-corrected chi connectivity index (χ1v) is 37.6. The van der Waals surface area contributed by atoms with Crippen molar-refractivity contribution < 1.29 is 59.5 Å². The van der Waals surface area contributed by atoms with Crippen LogP contribution < -0.4 is 28.7 Å². The topological polar surface area (TPSA) is 349 Å². The van der Waals surface area contributed by atoms with Crippen molar-refractivity contribution in [1.82, 2.24) is 73.4 Å². The summed E-state index contributed by atoms with van der Waals surface area (Å²) in [5.74, 6) is 7.80. The summed E-state index contributed by atoms with van der Waals surface area (Å²) in [4.78, 5) is 79.0. The van der Waals surface area contributed by atoms with E-state index in [0.29, 0.717) is 92.0 Å². The zero-order chi connectivity index (χ0) is 81.1. The number of halogens is 7. The Kier molecular flexibility index (Phi) is 21.1. The van der Waals surface area contributed by atoms with Crippen molar-refractivity contribution in [3.8, 4) is 57.6 Å². The Morgan fingerprint density at radius 1 is 0.570 bits per heavy atom. The number of nitrogens with zero attached hydrogens (tertiary/aromatic N) is 15. The molecule has 33 heteroatoms. The van der Waals surface area contributed by atoms with Crippen LogP contribution in [0, 0.1) is 45.7 Å². The lowest BCUT2D eigenvalue weighted by Crippen LogP contribution is -2.42. The number of nitrogens with two attached hydrogens (primary N) is 5. The Balaban J connectivity index is 0.000000141. The minimum Gasteiger partial charge on any atom is -0.383 e. The van der Waals surface area contributed by atoms with Crippen LogP contribution in [0.25, 0.3) is 33.9 Å². The van der Waals surface area contributed by atoms with E-state index in [4.69, 9.17) is 33.8 Å². The normalized spacial score (nSPS) is 21.4. The van der Waals surface area contributed by atoms with Crippen LogP contribution in [0.3, 0.4) is 0 Å². The number of hydrogen-bond donors (Lipinski definition) is 5. The van der Waals surface area contributed by atoms with Crippen LogP contribution in [0.15, 0.2) is 116 Å². The van der Waals surface area contributed by atoms with Crippen molar-refractivity contribution in [3.05, 3.63) is 178 Å². The molecule has 3 aromatic carbocycles. The molecule has 9 aromatic rings. The van der Waals surface area contributed by atoms with E-state index in [9.17, 15) is 59.5 Å². The molecule has 6 amide bonds. The van der Waals surface area contributed by atoms with Gasteiger partial charge in [0.15, 0.2) is 0 Å². The molecule has 0 unspecified atom stereocenters. The third-order valence-electron chi connectivity index (χ3n) is 23.2. The molecule has 9 heterocycles. The maximum Gasteiger partial charge on any atom is 0.419 e. The van der Waals surface area contributed by atoms with Crippen molar-refractivity contribution in [2.24, 2.45) is 33.4 Å². The number of carbonyl (C=O) groups excluding carboxylic acids is 6. The molecule has 7 fully saturated rings. The van der Waals surface area contributed by atoms with Gasteiger partial charge in [-0.25, -0.2) is 13.8 Å². The van der Waals surface area contributed by atoms with Gasteiger partial charge in [0.05, 0.1) is 72.5 Å². The van der Waals surface area contributed by atoms with Crippen molar-refractivity contribution in [2.45, 2.75) is 154 Å². The van der Waals surface area contributed by atoms with Crippen LogP contribution in [0.2, 0.25) is 0 Å². The second-order valence-electron chi connectivity index (χ2n) is 31.0. The summed E-state index contributed by atoms with van der Waals surface area (Å²) in [7, 11) is 0. The SMILES string of the molecule is C=CC(=O)N1CCC2(CC(n3nc(-c4cnn(Cc5cccc(C(F)(F)F)c5F)c4)c(C(N)=O)c3N)C2)C1.CC#CC(=O)N1CCC2(CC(n3nc(-c4ccn(Cc5cccc(C(F)(F)F)c5)n4)c(C(N)=O)c3N)C2)C1.CC#CC(=O)N1CCC2(CC(n3nc(-c4cnn(Cc5cccc(C6CC6)c5)c4)c(C(N)=O)c3CC)C2)C1. The fourth-order valence-corrected chi connectivity index (χ4v) is 17.5. The summed E-state index contributed by atoms with van der Waals surface area (Å²) >= 11 is 0. The number of aromatic nitrogens is 12. The molecule has 0 bridgehead atoms. The fraction of sp³-hybridized carbons (Fsp3) is 0.407. The molecule has 16 rings (SSSR count). The van der Waals surface area contributed by atoms with Crippen LogP contribution in [0.1, 0.15) is 186 Å². The average molecular weight is 1570 g/mol. The largest absolute Gasteiger partial charge is 0.419 e. The van der Waals surface area contributed by atoms with Crippen LogP contribution >= 0.6 is 0 Å². The number of benzene rings is 3. The lowest BCUT2D eigenvalue weighted by Gasteiger charge is -2.45. The minimum atomic E-state index is -4.83. The van der Waals surface area contributed by atoms with Gasteiger partial charge in [0.25, 0.3) is 29.5 Å². The first kappa shape index (κ1) is 78.4. The van der Waals surface area contributed by atoms with Gasteiger partial charge in [-0.05, 0) is 172 Å². The van der Waals surface area contributed by atoms with Crippen molar-refractivity contribution >= 4 is 47.1 Å². The molecule has 0 radical (unpaired) electrons. The summed E-state index contributed by atoms with van der Waals surface area (Å²) in [6, 6.07) is 18.4. The molecular formula is C81H85F7N20O6. The second kappa shape index (κ2) is 30.7. The van der Waals surface area contributed by atoms with E-state index in [1.54, 1.807) is 57.5 Å². The highest BCUT2D eigenvalue weighted by molar-refractivity contribution is 6.04. The maximum atomic E-state index is 14.5. The summed E-state index contributed by atoms with van der Waals surface area (Å²) in [6.07, 6.45) is 10.8. The van der Waals surface area contributed by atoms with E-state index in [2.05, 4.69) is 80.0 Å². The van der Waals surface area contributed by atoms with E-state index in [1.807, 2.05) is 27.4 Å². The van der Waals surface area contributed by atoms with E-state index < -0.39 is 47.0 Å². The summed E-state index contributed by atoms with van der Waals surface area (Å²) in [6.45, 7) is 13.4. The molecule has 3 aliphatic heterocycles. The van der Waals surface area contributed by atoms with Gasteiger partial charge in [0, 0.05) is 74.5 Å². The average Bonchev–Trinajstić information content (AvgIpc) is 1.60. The van der Waals surface area contributed by atoms with Crippen LogP contribution in [0.4, 0.5) is 42.4 Å². The molecule has 26 nitrogen and oxygen atoms in total. The standard InChI is InChI=1S/C30H34N6O2.C26H26F3N7O2.C25H25F4N7O2/c1-3-6-26(37)34-12-11-30(19-34)14-24(15-30)36-25(4-2)27(29(31)38)28(33-36)23-16-32-35(18-23)17-20-7-5-8-22(13-20)21-9-10-21;1-2-4-20(37)34-10-8-25(15-34)12-18(13-25)36-23(30)21(24(31)38)22(33-36)19-7-9-35(32-19)14-16-5-3-6-17(11-16)26(27,28)29;1-2-18(37)34-7-6-24(13-34)8-16(9-24)36-22(30)19(23(31)38)21(33-36)15-10-32-35(12-15)11-14-4-3-5-17(20(14)26)25(27,28)29/h5,7-8,13,16,18,21,24H,4,9-12,14-15,17,19H2,1-2H3,(H2,31,38);3,5-7,9,11,18H,8,10,12-15,30H2,1H3,(H2,31,38);2-5,10,12,16H,1,6-9,11,13,30H2,(H2,31,38). The predicted molar refractivity (Wildman–Crippen MR) is 405 cm³/mol. The number of likely N-dealkylation sites (tertiary alicyclic amines) is 3. The molecule has 594 valence electrons. The molecular weight excluding hydrogens is 1480 g/mol. The highest BCUT2D eigenvalue weighted by Gasteiger charge is 2.54. The van der Waals surface area contributed by atoms with Gasteiger partial charge in [-0.1, -0.05) is 73.9 Å². The van der Waals surface area contributed by atoms with Crippen molar-refractivity contribution in [2.75, 3.05) is 50.7 Å². The van der Waals surface area contributed by atoms with E-state index in [-0.39, 0.29) is 105 Å². The maximum absolute atomic E-state index is 14.5. The summed E-state index contributed by atoms with van der Waals surface area (Å²) in [5, 5.41) is 27.2. The van der Waals surface area contributed by atoms with Crippen LogP contribution in [0.5, 0.6) is 0 Å². The Labute approximate surface area is 650 Å². The van der Waals surface area contributed by atoms with E-state index in [1.165, 1.54) is 63.9 Å². The van der Waals surface area contributed by atoms with Crippen LogP contribution in [-0.2, 0) is 52.8 Å². The van der Waals surface area contributed by atoms with E-state index >= 15 is 0 Å². The van der Waals surface area contributed by atoms with Gasteiger partial charge < -0.3 is 43.4 Å². The smallest absolute Gasteiger partial charge is 0.383 e. The zero-order valence-corrected chi connectivity index (χ0v) is 62.9. The molecule has 0 atom stereocenters. The molecule has 4 aliphatic carbocycles. The highest BCUT2D eigenvalue weighted by Crippen LogP contribution is 2.58. The Bertz CT molecular complexity index is 5420. The lowest BCUT2D eigenvalue weighted by molar-refractivity contribution is -0.140. The number of nitrogen functional groups attached to an aromatic ring is 2. The number of anilines is 2. The van der Waals surface area contributed by atoms with Gasteiger partial charge in [-0.3, -0.25) is 47.5 Å². The first-order valence-electron chi connectivity index (χ1n) is 37.6. The molecule has 3 spiro atoms. The molecule has 4 saturated carbocycles. The molecule has 114 heavy (non-hydrogen) atoms. The first-order chi connectivity index (χ1) is 54.3. The number of amides is 6. The number of alkyl halides is 6. The molecule has 10 N–H and O–H groups in total. The van der Waals surface area contributed by atoms with Gasteiger partial charge in [0.1, 0.15) is 51.4 Å². The molecule has 3 saturated heterocycles. The summed E-state index contributed by atoms with van der Waals surface area (Å²) < 4.78 is 103. The number of rotatable bonds is 18. The lowest BCUT2D eigenvalue weighted by atomic mass is 9.65. The quantitative estimate of drug-likeness (QED) is 0.0303. The fourth-order valence-electron chi connectivity index (χ4n) is 17.5. The Morgan fingerprint density at radius 3 is 1.56 bits per heavy atom. The third-order valence-corrected chi connectivity index (χ3v) is 23.2. The second-order valence-corrected chi connectivity index (χ2v) is 31.0. The van der Waals surface area contributed by atoms with Crippen molar-refractivity contribution in [1.29, 1.82) is 0 Å². The number of primary amides is 3. The monoisotopic (exact) mass is 1570 g/mol. The highest BCUT2D eigenvalue weighted by atomic mass is 19.4. The number of carbonyl (C=O) groups is 6. The van der Waals surface area contributed by atoms with Crippen molar-refractivity contribution in [3.63, 3.8) is 0 Å². The van der Waals surface area contributed by atoms with Gasteiger partial charge >= 0.3 is 12.4 Å². The van der Waals surface area contributed by atoms with Crippen LogP contribution in [-0.4, -0.2) is 148 Å². The minimum absolute atomic E-state index is 0.00522. The van der Waals surface area contributed by atoms with E-state index in [0.717, 1.165) is 87.5 Å². The zero-order valence-electron chi connectivity index (χ0n) is 62.9. The summed E-state index contributed by atoms with van der Waals surface area (Å²) in [5.41, 5.74) is 34.4. The van der Waals surface area contributed by atoms with Gasteiger partial charge in [-0.15, -0.1) is 0 Å².